The van der Waals surface area contributed by atoms with Gasteiger partial charge in [-0.2, -0.15) is 12.6 Å². The molecule has 0 aromatic carbocycles. The van der Waals surface area contributed by atoms with Crippen LogP contribution in [-0.4, -0.2) is 29.9 Å². The molecule has 2 saturated heterocycles. The van der Waals surface area contributed by atoms with Gasteiger partial charge >= 0.3 is 0 Å². The summed E-state index contributed by atoms with van der Waals surface area (Å²) in [6.45, 7) is 4.55. The van der Waals surface area contributed by atoms with Crippen LogP contribution < -0.4 is 10.6 Å². The van der Waals surface area contributed by atoms with Crippen molar-refractivity contribution in [2.75, 3.05) is 13.1 Å². The Morgan fingerprint density at radius 3 is 2.83 bits per heavy atom. The van der Waals surface area contributed by atoms with Crippen LogP contribution in [0.5, 0.6) is 0 Å². The molecule has 2 aliphatic heterocycles. The van der Waals surface area contributed by atoms with Crippen LogP contribution in [0.1, 0.15) is 26.2 Å². The number of rotatable bonds is 0. The average molecular weight is 186 g/mol. The molecule has 2 nitrogen and oxygen atoms in total. The third-order valence-corrected chi connectivity index (χ3v) is 3.48. The minimum absolute atomic E-state index is 0.226. The van der Waals surface area contributed by atoms with E-state index in [0.717, 1.165) is 6.54 Å². The van der Waals surface area contributed by atoms with Gasteiger partial charge in [0.05, 0.1) is 0 Å². The molecule has 3 atom stereocenters. The lowest BCUT2D eigenvalue weighted by molar-refractivity contribution is 0.450. The zero-order chi connectivity index (χ0) is 8.60. The minimum atomic E-state index is 0.226. The van der Waals surface area contributed by atoms with Crippen LogP contribution >= 0.6 is 12.6 Å². The number of nitrogens with one attached hydrogen (secondary N) is 2. The average Bonchev–Trinajstić information content (AvgIpc) is 2.31. The molecule has 0 aromatic rings. The maximum atomic E-state index is 4.69. The Bertz CT molecular complexity index is 170. The van der Waals surface area contributed by atoms with Gasteiger partial charge in [0.15, 0.2) is 0 Å². The first-order valence-corrected chi connectivity index (χ1v) is 5.31. The monoisotopic (exact) mass is 186 g/mol. The second-order valence-electron chi connectivity index (χ2n) is 4.36. The molecule has 3 heteroatoms. The lowest BCUT2D eigenvalue weighted by atomic mass is 9.97. The van der Waals surface area contributed by atoms with Crippen LogP contribution in [0.25, 0.3) is 0 Å². The molecule has 0 radical (unpaired) electrons. The van der Waals surface area contributed by atoms with Gasteiger partial charge in [-0.15, -0.1) is 0 Å². The van der Waals surface area contributed by atoms with Crippen molar-refractivity contribution in [3.63, 3.8) is 0 Å². The first-order chi connectivity index (χ1) is 5.67. The predicted octanol–water partition coefficient (Wildman–Crippen LogP) is 0.789. The lowest BCUT2D eigenvalue weighted by Gasteiger charge is -2.24. The molecule has 2 heterocycles. The van der Waals surface area contributed by atoms with Crippen LogP contribution in [0.2, 0.25) is 0 Å². The molecule has 12 heavy (non-hydrogen) atoms. The number of hydrogen-bond acceptors (Lipinski definition) is 3. The molecule has 2 fully saturated rings. The van der Waals surface area contributed by atoms with Crippen LogP contribution in [0.15, 0.2) is 0 Å². The van der Waals surface area contributed by atoms with E-state index < -0.39 is 0 Å². The van der Waals surface area contributed by atoms with Gasteiger partial charge in [0.2, 0.25) is 0 Å². The van der Waals surface area contributed by atoms with E-state index in [1.54, 1.807) is 0 Å². The summed E-state index contributed by atoms with van der Waals surface area (Å²) in [4.78, 5) is 0. The summed E-state index contributed by atoms with van der Waals surface area (Å²) >= 11 is 4.69. The largest absolute Gasteiger partial charge is 0.312 e. The van der Waals surface area contributed by atoms with Crippen LogP contribution in [0, 0.1) is 0 Å². The molecule has 3 unspecified atom stereocenters. The molecule has 2 aliphatic rings. The van der Waals surface area contributed by atoms with E-state index in [-0.39, 0.29) is 4.75 Å². The molecule has 70 valence electrons. The summed E-state index contributed by atoms with van der Waals surface area (Å²) < 4.78 is 0.226. The van der Waals surface area contributed by atoms with Crippen LogP contribution in [-0.2, 0) is 0 Å². The fourth-order valence-corrected chi connectivity index (χ4v) is 2.64. The topological polar surface area (TPSA) is 24.1 Å². The van der Waals surface area contributed by atoms with E-state index in [0.29, 0.717) is 12.1 Å². The second kappa shape index (κ2) is 3.20. The van der Waals surface area contributed by atoms with Crippen molar-refractivity contribution in [1.29, 1.82) is 0 Å². The highest BCUT2D eigenvalue weighted by Crippen LogP contribution is 2.29. The standard InChI is InChI=1S/C9H18N2S/c1-9(12)3-5-11-7-2-4-10-8(7)6-9/h7-8,10-12H,2-6H2,1H3. The Morgan fingerprint density at radius 1 is 1.25 bits per heavy atom. The van der Waals surface area contributed by atoms with Gasteiger partial charge in [0.1, 0.15) is 0 Å². The molecule has 2 N–H and O–H groups in total. The van der Waals surface area contributed by atoms with Gasteiger partial charge in [-0.3, -0.25) is 0 Å². The first kappa shape index (κ1) is 8.85. The minimum Gasteiger partial charge on any atom is -0.312 e. The normalized spacial score (nSPS) is 48.5. The quantitative estimate of drug-likeness (QED) is 0.487. The number of fused-ring (bicyclic) bond motifs is 1. The molecular weight excluding hydrogens is 168 g/mol. The third kappa shape index (κ3) is 1.78. The van der Waals surface area contributed by atoms with E-state index in [9.17, 15) is 0 Å². The Hall–Kier alpha value is 0.270. The van der Waals surface area contributed by atoms with Crippen molar-refractivity contribution in [3.05, 3.63) is 0 Å². The Kier molecular flexibility index (Phi) is 2.36. The van der Waals surface area contributed by atoms with Crippen molar-refractivity contribution in [2.24, 2.45) is 0 Å². The van der Waals surface area contributed by atoms with Gasteiger partial charge in [-0.25, -0.2) is 0 Å². The summed E-state index contributed by atoms with van der Waals surface area (Å²) in [7, 11) is 0. The fraction of sp³-hybridized carbons (Fsp3) is 1.00. The lowest BCUT2D eigenvalue weighted by Crippen LogP contribution is -2.39. The van der Waals surface area contributed by atoms with Crippen molar-refractivity contribution in [2.45, 2.75) is 43.0 Å². The van der Waals surface area contributed by atoms with Crippen LogP contribution in [0.4, 0.5) is 0 Å². The summed E-state index contributed by atoms with van der Waals surface area (Å²) in [6.07, 6.45) is 3.67. The van der Waals surface area contributed by atoms with Gasteiger partial charge in [-0.1, -0.05) is 6.92 Å². The van der Waals surface area contributed by atoms with Crippen molar-refractivity contribution >= 4 is 12.6 Å². The van der Waals surface area contributed by atoms with Gasteiger partial charge in [0.25, 0.3) is 0 Å². The van der Waals surface area contributed by atoms with Crippen molar-refractivity contribution < 1.29 is 0 Å². The second-order valence-corrected chi connectivity index (χ2v) is 5.44. The number of thiol groups is 1. The van der Waals surface area contributed by atoms with E-state index in [1.807, 2.05) is 0 Å². The molecular formula is C9H18N2S. The fourth-order valence-electron chi connectivity index (χ4n) is 2.33. The summed E-state index contributed by atoms with van der Waals surface area (Å²) in [5, 5.41) is 7.13. The third-order valence-electron chi connectivity index (χ3n) is 3.08. The van der Waals surface area contributed by atoms with E-state index in [1.165, 1.54) is 25.8 Å². The highest BCUT2D eigenvalue weighted by molar-refractivity contribution is 7.81. The zero-order valence-corrected chi connectivity index (χ0v) is 8.53. The van der Waals surface area contributed by atoms with Crippen molar-refractivity contribution in [3.8, 4) is 0 Å². The van der Waals surface area contributed by atoms with Crippen molar-refractivity contribution in [1.82, 2.24) is 10.6 Å². The van der Waals surface area contributed by atoms with Gasteiger partial charge in [0, 0.05) is 16.8 Å². The van der Waals surface area contributed by atoms with E-state index in [2.05, 4.69) is 30.2 Å². The van der Waals surface area contributed by atoms with Gasteiger partial charge < -0.3 is 10.6 Å². The van der Waals surface area contributed by atoms with E-state index in [4.69, 9.17) is 0 Å². The molecule has 0 aliphatic carbocycles. The highest BCUT2D eigenvalue weighted by atomic mass is 32.1. The maximum Gasteiger partial charge on any atom is 0.0234 e. The molecule has 0 amide bonds. The molecule has 0 saturated carbocycles. The Labute approximate surface area is 79.9 Å². The smallest absolute Gasteiger partial charge is 0.0234 e. The molecule has 0 aromatic heterocycles. The summed E-state index contributed by atoms with van der Waals surface area (Å²) in [5.41, 5.74) is 0. The summed E-state index contributed by atoms with van der Waals surface area (Å²) in [6, 6.07) is 1.37. The predicted molar refractivity (Wildman–Crippen MR) is 54.8 cm³/mol. The van der Waals surface area contributed by atoms with E-state index >= 15 is 0 Å². The highest BCUT2D eigenvalue weighted by Gasteiger charge is 2.35. The van der Waals surface area contributed by atoms with Gasteiger partial charge in [-0.05, 0) is 32.4 Å². The SMILES string of the molecule is CC1(S)CCNC2CCNC2C1. The van der Waals surface area contributed by atoms with Crippen LogP contribution in [0.3, 0.4) is 0 Å². The number of hydrogen-bond donors (Lipinski definition) is 3. The Balaban J connectivity index is 2.04. The summed E-state index contributed by atoms with van der Waals surface area (Å²) in [5.74, 6) is 0. The molecule has 2 rings (SSSR count). The maximum absolute atomic E-state index is 4.69. The molecule has 0 spiro atoms. The molecule has 0 bridgehead atoms. The zero-order valence-electron chi connectivity index (χ0n) is 7.64. The first-order valence-electron chi connectivity index (χ1n) is 4.87. The Morgan fingerprint density at radius 2 is 2.00 bits per heavy atom.